The van der Waals surface area contributed by atoms with Gasteiger partial charge in [-0.3, -0.25) is 0 Å². The lowest BCUT2D eigenvalue weighted by molar-refractivity contribution is -0.889. The fraction of sp³-hybridized carbons (Fsp3) is 0.500. The zero-order valence-corrected chi connectivity index (χ0v) is 10.2. The van der Waals surface area contributed by atoms with Crippen molar-refractivity contribution in [1.82, 2.24) is 15.0 Å². The second kappa shape index (κ2) is 4.22. The van der Waals surface area contributed by atoms with Crippen LogP contribution in [0.25, 0.3) is 11.0 Å². The fourth-order valence-corrected chi connectivity index (χ4v) is 1.61. The minimum atomic E-state index is 0.918. The SMILES string of the molecule is CC[N+](C)(C)CCn1nnc2ccccc21. The molecule has 0 saturated heterocycles. The number of hydrogen-bond acceptors (Lipinski definition) is 2. The molecule has 0 aliphatic carbocycles. The van der Waals surface area contributed by atoms with Gasteiger partial charge in [0.1, 0.15) is 5.52 Å². The largest absolute Gasteiger partial charge is 0.327 e. The Labute approximate surface area is 96.1 Å². The van der Waals surface area contributed by atoms with Crippen molar-refractivity contribution >= 4 is 11.0 Å². The summed E-state index contributed by atoms with van der Waals surface area (Å²) in [6, 6.07) is 8.09. The maximum atomic E-state index is 4.19. The van der Waals surface area contributed by atoms with Gasteiger partial charge in [0.15, 0.2) is 0 Å². The van der Waals surface area contributed by atoms with Gasteiger partial charge in [0.2, 0.25) is 0 Å². The maximum absolute atomic E-state index is 4.19. The molecule has 0 aliphatic heterocycles. The first-order chi connectivity index (χ1) is 7.62. The molecule has 0 aliphatic rings. The van der Waals surface area contributed by atoms with Gasteiger partial charge in [0, 0.05) is 0 Å². The van der Waals surface area contributed by atoms with Crippen LogP contribution >= 0.6 is 0 Å². The second-order valence-electron chi connectivity index (χ2n) is 4.78. The van der Waals surface area contributed by atoms with Crippen molar-refractivity contribution in [3.63, 3.8) is 0 Å². The Bertz CT molecular complexity index is 473. The Hall–Kier alpha value is -1.42. The van der Waals surface area contributed by atoms with E-state index in [1.165, 1.54) is 0 Å². The van der Waals surface area contributed by atoms with Gasteiger partial charge in [0.05, 0.1) is 39.2 Å². The minimum Gasteiger partial charge on any atom is -0.327 e. The molecule has 1 aromatic heterocycles. The molecule has 2 aromatic rings. The third-order valence-electron chi connectivity index (χ3n) is 3.19. The van der Waals surface area contributed by atoms with Gasteiger partial charge in [-0.1, -0.05) is 17.3 Å². The van der Waals surface area contributed by atoms with Gasteiger partial charge in [-0.2, -0.15) is 0 Å². The Morgan fingerprint density at radius 1 is 1.25 bits per heavy atom. The molecule has 4 nitrogen and oxygen atoms in total. The lowest BCUT2D eigenvalue weighted by Gasteiger charge is -2.27. The number of hydrogen-bond donors (Lipinski definition) is 0. The van der Waals surface area contributed by atoms with E-state index in [0.717, 1.165) is 35.2 Å². The average molecular weight is 219 g/mol. The number of fused-ring (bicyclic) bond motifs is 1. The highest BCUT2D eigenvalue weighted by atomic mass is 15.4. The van der Waals surface area contributed by atoms with Crippen molar-refractivity contribution in [3.8, 4) is 0 Å². The predicted molar refractivity (Wildman–Crippen MR) is 65.0 cm³/mol. The Morgan fingerprint density at radius 3 is 2.75 bits per heavy atom. The van der Waals surface area contributed by atoms with E-state index in [1.54, 1.807) is 0 Å². The molecular weight excluding hydrogens is 200 g/mol. The van der Waals surface area contributed by atoms with Crippen molar-refractivity contribution in [2.24, 2.45) is 0 Å². The quantitative estimate of drug-likeness (QED) is 0.730. The summed E-state index contributed by atoms with van der Waals surface area (Å²) in [4.78, 5) is 0. The third kappa shape index (κ3) is 2.22. The predicted octanol–water partition coefficient (Wildman–Crippen LogP) is 1.53. The minimum absolute atomic E-state index is 0.918. The van der Waals surface area contributed by atoms with Crippen LogP contribution < -0.4 is 0 Å². The first-order valence-corrected chi connectivity index (χ1v) is 5.72. The molecular formula is C12H19N4+. The van der Waals surface area contributed by atoms with Gasteiger partial charge in [-0.05, 0) is 19.1 Å². The van der Waals surface area contributed by atoms with E-state index in [-0.39, 0.29) is 0 Å². The maximum Gasteiger partial charge on any atom is 0.113 e. The van der Waals surface area contributed by atoms with Gasteiger partial charge < -0.3 is 4.48 Å². The van der Waals surface area contributed by atoms with Crippen LogP contribution in [0.3, 0.4) is 0 Å². The molecule has 0 radical (unpaired) electrons. The van der Waals surface area contributed by atoms with Crippen molar-refractivity contribution in [2.45, 2.75) is 13.5 Å². The zero-order chi connectivity index (χ0) is 11.6. The second-order valence-corrected chi connectivity index (χ2v) is 4.78. The third-order valence-corrected chi connectivity index (χ3v) is 3.19. The molecule has 16 heavy (non-hydrogen) atoms. The summed E-state index contributed by atoms with van der Waals surface area (Å²) in [7, 11) is 4.47. The molecule has 0 amide bonds. The van der Waals surface area contributed by atoms with Crippen LogP contribution in [0, 0.1) is 0 Å². The highest BCUT2D eigenvalue weighted by molar-refractivity contribution is 5.73. The molecule has 0 saturated carbocycles. The Kier molecular flexibility index (Phi) is 2.92. The monoisotopic (exact) mass is 219 g/mol. The average Bonchev–Trinajstić information content (AvgIpc) is 2.70. The van der Waals surface area contributed by atoms with Crippen molar-refractivity contribution in [1.29, 1.82) is 0 Å². The van der Waals surface area contributed by atoms with Crippen LogP contribution in [0.4, 0.5) is 0 Å². The van der Waals surface area contributed by atoms with Crippen LogP contribution in [0.5, 0.6) is 0 Å². The molecule has 0 fully saturated rings. The summed E-state index contributed by atoms with van der Waals surface area (Å²) in [5.41, 5.74) is 2.10. The molecule has 0 unspecified atom stereocenters. The van der Waals surface area contributed by atoms with Gasteiger partial charge in [0.25, 0.3) is 0 Å². The zero-order valence-electron chi connectivity index (χ0n) is 10.2. The molecule has 0 N–H and O–H groups in total. The van der Waals surface area contributed by atoms with Gasteiger partial charge in [-0.25, -0.2) is 4.68 Å². The summed E-state index contributed by atoms with van der Waals surface area (Å²) < 4.78 is 3.00. The molecule has 2 rings (SSSR count). The van der Waals surface area contributed by atoms with Crippen LogP contribution in [0.2, 0.25) is 0 Å². The number of benzene rings is 1. The van der Waals surface area contributed by atoms with E-state index in [4.69, 9.17) is 0 Å². The molecule has 86 valence electrons. The molecule has 1 aromatic carbocycles. The van der Waals surface area contributed by atoms with Crippen LogP contribution in [-0.4, -0.2) is 46.7 Å². The molecule has 0 spiro atoms. The number of aromatic nitrogens is 3. The van der Waals surface area contributed by atoms with Gasteiger partial charge in [-0.15, -0.1) is 5.10 Å². The first-order valence-electron chi connectivity index (χ1n) is 5.72. The molecule has 1 heterocycles. The summed E-state index contributed by atoms with van der Waals surface area (Å²) in [5, 5.41) is 8.34. The van der Waals surface area contributed by atoms with E-state index < -0.39 is 0 Å². The molecule has 0 atom stereocenters. The number of likely N-dealkylation sites (N-methyl/N-ethyl adjacent to an activating group) is 1. The highest BCUT2D eigenvalue weighted by Crippen LogP contribution is 2.10. The summed E-state index contributed by atoms with van der Waals surface area (Å²) in [6.07, 6.45) is 0. The number of quaternary nitrogens is 1. The highest BCUT2D eigenvalue weighted by Gasteiger charge is 2.13. The lowest BCUT2D eigenvalue weighted by Crippen LogP contribution is -2.41. The van der Waals surface area contributed by atoms with E-state index >= 15 is 0 Å². The van der Waals surface area contributed by atoms with Crippen molar-refractivity contribution < 1.29 is 4.48 Å². The van der Waals surface area contributed by atoms with Gasteiger partial charge >= 0.3 is 0 Å². The van der Waals surface area contributed by atoms with Crippen molar-refractivity contribution in [3.05, 3.63) is 24.3 Å². The summed E-state index contributed by atoms with van der Waals surface area (Å²) >= 11 is 0. The van der Waals surface area contributed by atoms with E-state index in [1.807, 2.05) is 22.9 Å². The van der Waals surface area contributed by atoms with E-state index in [2.05, 4.69) is 37.4 Å². The molecule has 0 bridgehead atoms. The number of para-hydroxylation sites is 1. The topological polar surface area (TPSA) is 30.7 Å². The number of rotatable bonds is 4. The summed E-state index contributed by atoms with van der Waals surface area (Å²) in [5.74, 6) is 0. The molecule has 4 heteroatoms. The standard InChI is InChI=1S/C12H19N4/c1-4-16(2,3)10-9-15-12-8-6-5-7-11(12)13-14-15/h5-8H,4,9-10H2,1-3H3/q+1. The lowest BCUT2D eigenvalue weighted by atomic mass is 10.3. The normalized spacial score (nSPS) is 12.2. The number of nitrogens with zero attached hydrogens (tertiary/aromatic N) is 4. The Morgan fingerprint density at radius 2 is 2.00 bits per heavy atom. The van der Waals surface area contributed by atoms with Crippen molar-refractivity contribution in [2.75, 3.05) is 27.2 Å². The van der Waals surface area contributed by atoms with Crippen LogP contribution in [0.15, 0.2) is 24.3 Å². The van der Waals surface area contributed by atoms with Crippen LogP contribution in [-0.2, 0) is 6.54 Å². The first kappa shape index (κ1) is 11.1. The van der Waals surface area contributed by atoms with Crippen LogP contribution in [0.1, 0.15) is 6.92 Å². The Balaban J connectivity index is 2.16. The van der Waals surface area contributed by atoms with E-state index in [9.17, 15) is 0 Å². The van der Waals surface area contributed by atoms with E-state index in [0.29, 0.717) is 0 Å². The smallest absolute Gasteiger partial charge is 0.113 e. The summed E-state index contributed by atoms with van der Waals surface area (Å²) in [6.45, 7) is 5.33. The fourth-order valence-electron chi connectivity index (χ4n) is 1.61.